The van der Waals surface area contributed by atoms with Crippen molar-refractivity contribution in [3.05, 3.63) is 35.4 Å². The topological polar surface area (TPSA) is 46.3 Å². The smallest absolute Gasteiger partial charge is 0.343 e. The highest BCUT2D eigenvalue weighted by molar-refractivity contribution is 5.85. The van der Waals surface area contributed by atoms with Gasteiger partial charge in [-0.1, -0.05) is 25.1 Å². The van der Waals surface area contributed by atoms with E-state index in [4.69, 9.17) is 5.73 Å². The first-order valence-electron chi connectivity index (χ1n) is 7.48. The highest BCUT2D eigenvalue weighted by Crippen LogP contribution is 2.36. The summed E-state index contributed by atoms with van der Waals surface area (Å²) in [5.41, 5.74) is 5.32. The van der Waals surface area contributed by atoms with Crippen LogP contribution in [0.25, 0.3) is 0 Å². The van der Waals surface area contributed by atoms with E-state index < -0.39 is 17.7 Å². The number of rotatable bonds is 3. The first-order valence-corrected chi connectivity index (χ1v) is 7.48. The van der Waals surface area contributed by atoms with Gasteiger partial charge in [0.15, 0.2) is 0 Å². The molecule has 1 unspecified atom stereocenters. The third kappa shape index (κ3) is 5.11. The molecule has 130 valence electrons. The van der Waals surface area contributed by atoms with Crippen LogP contribution in [0.15, 0.2) is 24.3 Å². The maximum absolute atomic E-state index is 13.0. The summed E-state index contributed by atoms with van der Waals surface area (Å²) in [5.74, 6) is -0.572. The summed E-state index contributed by atoms with van der Waals surface area (Å²) in [7, 11) is 0. The van der Waals surface area contributed by atoms with Crippen LogP contribution in [0.2, 0.25) is 0 Å². The molecule has 1 aromatic rings. The summed E-state index contributed by atoms with van der Waals surface area (Å²) in [6.07, 6.45) is -2.81. The number of nitrogens with two attached hydrogens (primary N) is 1. The molecule has 1 saturated heterocycles. The predicted molar refractivity (Wildman–Crippen MR) is 85.5 cm³/mol. The molecule has 1 aliphatic rings. The number of alkyl halides is 3. The third-order valence-electron chi connectivity index (χ3n) is 4.17. The van der Waals surface area contributed by atoms with Crippen molar-refractivity contribution in [2.24, 2.45) is 5.73 Å². The zero-order valence-electron chi connectivity index (χ0n) is 13.0. The molecule has 0 aliphatic carbocycles. The van der Waals surface area contributed by atoms with E-state index in [0.29, 0.717) is 13.1 Å². The molecule has 1 aromatic carbocycles. The highest BCUT2D eigenvalue weighted by Gasteiger charge is 2.34. The van der Waals surface area contributed by atoms with Crippen LogP contribution in [0.5, 0.6) is 0 Å². The zero-order valence-corrected chi connectivity index (χ0v) is 13.8. The second-order valence-electron chi connectivity index (χ2n) is 5.91. The van der Waals surface area contributed by atoms with Crippen molar-refractivity contribution in [2.75, 3.05) is 13.1 Å². The van der Waals surface area contributed by atoms with Gasteiger partial charge in [0, 0.05) is 25.6 Å². The number of hydrogen-bond acceptors (Lipinski definition) is 2. The van der Waals surface area contributed by atoms with E-state index in [0.717, 1.165) is 18.9 Å². The summed E-state index contributed by atoms with van der Waals surface area (Å²) in [5, 5.41) is 0. The molecule has 0 bridgehead atoms. The Balaban J connectivity index is 0.00000264. The standard InChI is InChI=1S/C16H21F3N2O.ClH/c1-11(10-15(22)21-8-6-12(20)7-9-21)13-4-2-3-5-14(13)16(17,18)19;/h2-5,11-12H,6-10,20H2,1H3;1H. The van der Waals surface area contributed by atoms with Gasteiger partial charge >= 0.3 is 6.18 Å². The van der Waals surface area contributed by atoms with Crippen molar-refractivity contribution in [1.29, 1.82) is 0 Å². The van der Waals surface area contributed by atoms with Crippen LogP contribution >= 0.6 is 12.4 Å². The van der Waals surface area contributed by atoms with E-state index in [1.165, 1.54) is 12.1 Å². The van der Waals surface area contributed by atoms with Crippen LogP contribution in [-0.4, -0.2) is 29.9 Å². The lowest BCUT2D eigenvalue weighted by Crippen LogP contribution is -2.43. The van der Waals surface area contributed by atoms with Gasteiger partial charge in [-0.05, 0) is 30.4 Å². The van der Waals surface area contributed by atoms with Crippen LogP contribution in [0.1, 0.15) is 43.2 Å². The summed E-state index contributed by atoms with van der Waals surface area (Å²) in [6, 6.07) is 5.58. The number of carbonyl (C=O) groups excluding carboxylic acids is 1. The SMILES string of the molecule is CC(CC(=O)N1CCC(N)CC1)c1ccccc1C(F)(F)F.Cl. The maximum atomic E-state index is 13.0. The minimum Gasteiger partial charge on any atom is -0.343 e. The lowest BCUT2D eigenvalue weighted by atomic mass is 9.92. The summed E-state index contributed by atoms with van der Waals surface area (Å²) >= 11 is 0. The molecule has 2 N–H and O–H groups in total. The van der Waals surface area contributed by atoms with Crippen LogP contribution < -0.4 is 5.73 Å². The summed E-state index contributed by atoms with van der Waals surface area (Å²) in [6.45, 7) is 2.85. The van der Waals surface area contributed by atoms with Gasteiger partial charge in [0.2, 0.25) is 5.91 Å². The van der Waals surface area contributed by atoms with Gasteiger partial charge in [-0.15, -0.1) is 12.4 Å². The molecule has 1 atom stereocenters. The fraction of sp³-hybridized carbons (Fsp3) is 0.562. The van der Waals surface area contributed by atoms with Gasteiger partial charge in [0.25, 0.3) is 0 Å². The minimum absolute atomic E-state index is 0. The monoisotopic (exact) mass is 350 g/mol. The molecule has 1 aliphatic heterocycles. The molecule has 1 amide bonds. The lowest BCUT2D eigenvalue weighted by Gasteiger charge is -2.31. The number of piperidine rings is 1. The Morgan fingerprint density at radius 3 is 2.43 bits per heavy atom. The average molecular weight is 351 g/mol. The molecular weight excluding hydrogens is 329 g/mol. The Bertz CT molecular complexity index is 528. The Morgan fingerprint density at radius 1 is 1.30 bits per heavy atom. The molecule has 7 heteroatoms. The van der Waals surface area contributed by atoms with Gasteiger partial charge < -0.3 is 10.6 Å². The normalized spacial score (nSPS) is 17.5. The Labute approximate surface area is 140 Å². The molecule has 1 fully saturated rings. The quantitative estimate of drug-likeness (QED) is 0.905. The van der Waals surface area contributed by atoms with Crippen molar-refractivity contribution >= 4 is 18.3 Å². The summed E-state index contributed by atoms with van der Waals surface area (Å²) in [4.78, 5) is 14.0. The van der Waals surface area contributed by atoms with Crippen molar-refractivity contribution in [3.8, 4) is 0 Å². The van der Waals surface area contributed by atoms with E-state index in [-0.39, 0.29) is 36.3 Å². The van der Waals surface area contributed by atoms with Gasteiger partial charge in [0.05, 0.1) is 5.56 Å². The van der Waals surface area contributed by atoms with Crippen molar-refractivity contribution in [1.82, 2.24) is 4.90 Å². The molecule has 0 saturated carbocycles. The Kier molecular flexibility index (Phi) is 6.89. The van der Waals surface area contributed by atoms with E-state index in [1.807, 2.05) is 0 Å². The predicted octanol–water partition coefficient (Wildman–Crippen LogP) is 3.57. The molecule has 0 spiro atoms. The fourth-order valence-corrected chi connectivity index (χ4v) is 2.83. The number of likely N-dealkylation sites (tertiary alicyclic amines) is 1. The lowest BCUT2D eigenvalue weighted by molar-refractivity contribution is -0.139. The van der Waals surface area contributed by atoms with E-state index >= 15 is 0 Å². The van der Waals surface area contributed by atoms with Crippen LogP contribution in [-0.2, 0) is 11.0 Å². The summed E-state index contributed by atoms with van der Waals surface area (Å²) < 4.78 is 39.1. The van der Waals surface area contributed by atoms with Gasteiger partial charge in [0.1, 0.15) is 0 Å². The molecule has 0 radical (unpaired) electrons. The minimum atomic E-state index is -4.40. The molecule has 0 aromatic heterocycles. The molecular formula is C16H22ClF3N2O. The zero-order chi connectivity index (χ0) is 16.3. The van der Waals surface area contributed by atoms with Crippen LogP contribution in [0, 0.1) is 0 Å². The van der Waals surface area contributed by atoms with Crippen molar-refractivity contribution in [2.45, 2.75) is 44.3 Å². The highest BCUT2D eigenvalue weighted by atomic mass is 35.5. The first kappa shape index (κ1) is 19.8. The molecule has 3 nitrogen and oxygen atoms in total. The fourth-order valence-electron chi connectivity index (χ4n) is 2.83. The van der Waals surface area contributed by atoms with Gasteiger partial charge in [-0.3, -0.25) is 4.79 Å². The first-order chi connectivity index (χ1) is 10.3. The number of halogens is 4. The number of hydrogen-bond donors (Lipinski definition) is 1. The van der Waals surface area contributed by atoms with E-state index in [2.05, 4.69) is 0 Å². The Morgan fingerprint density at radius 2 is 1.87 bits per heavy atom. The van der Waals surface area contributed by atoms with Crippen molar-refractivity contribution in [3.63, 3.8) is 0 Å². The maximum Gasteiger partial charge on any atom is 0.416 e. The van der Waals surface area contributed by atoms with Gasteiger partial charge in [-0.2, -0.15) is 13.2 Å². The third-order valence-corrected chi connectivity index (χ3v) is 4.17. The second kappa shape index (κ2) is 8.02. The van der Waals surface area contributed by atoms with Crippen LogP contribution in [0.4, 0.5) is 13.2 Å². The second-order valence-corrected chi connectivity index (χ2v) is 5.91. The largest absolute Gasteiger partial charge is 0.416 e. The average Bonchev–Trinajstić information content (AvgIpc) is 2.47. The van der Waals surface area contributed by atoms with E-state index in [9.17, 15) is 18.0 Å². The molecule has 1 heterocycles. The van der Waals surface area contributed by atoms with Crippen LogP contribution in [0.3, 0.4) is 0 Å². The van der Waals surface area contributed by atoms with Gasteiger partial charge in [-0.25, -0.2) is 0 Å². The van der Waals surface area contributed by atoms with Crippen molar-refractivity contribution < 1.29 is 18.0 Å². The number of carbonyl (C=O) groups is 1. The van der Waals surface area contributed by atoms with E-state index in [1.54, 1.807) is 17.9 Å². The molecule has 2 rings (SSSR count). The number of benzene rings is 1. The number of nitrogens with zero attached hydrogens (tertiary/aromatic N) is 1. The number of amides is 1. The molecule has 23 heavy (non-hydrogen) atoms. The Hall–Kier alpha value is -1.27.